The summed E-state index contributed by atoms with van der Waals surface area (Å²) in [4.78, 5) is 9.89. The summed E-state index contributed by atoms with van der Waals surface area (Å²) in [6.45, 7) is 1.69. The van der Waals surface area contributed by atoms with Crippen LogP contribution in [0.4, 0.5) is 0 Å². The van der Waals surface area contributed by atoms with Gasteiger partial charge < -0.3 is 10.6 Å². The van der Waals surface area contributed by atoms with Gasteiger partial charge >= 0.3 is 0 Å². The van der Waals surface area contributed by atoms with E-state index in [9.17, 15) is 0 Å². The first-order chi connectivity index (χ1) is 10.3. The van der Waals surface area contributed by atoms with Gasteiger partial charge in [0.05, 0.1) is 3.79 Å². The highest BCUT2D eigenvalue weighted by Gasteiger charge is 2.00. The molecule has 0 aromatic carbocycles. The monoisotopic (exact) mass is 494 g/mol. The molecule has 0 saturated heterocycles. The van der Waals surface area contributed by atoms with E-state index < -0.39 is 0 Å². The zero-order valence-electron chi connectivity index (χ0n) is 12.4. The van der Waals surface area contributed by atoms with Crippen LogP contribution in [0.3, 0.4) is 0 Å². The molecule has 7 heteroatoms. The molecule has 0 saturated carbocycles. The molecule has 120 valence electrons. The van der Waals surface area contributed by atoms with Crippen LogP contribution in [0, 0.1) is 0 Å². The number of thiophene rings is 1. The molecule has 0 spiro atoms. The minimum Gasteiger partial charge on any atom is -0.356 e. The largest absolute Gasteiger partial charge is 0.356 e. The van der Waals surface area contributed by atoms with E-state index in [1.54, 1.807) is 18.4 Å². The van der Waals surface area contributed by atoms with Crippen molar-refractivity contribution in [2.45, 2.75) is 12.8 Å². The summed E-state index contributed by atoms with van der Waals surface area (Å²) < 4.78 is 1.18. The number of halogens is 2. The van der Waals surface area contributed by atoms with Crippen LogP contribution in [-0.4, -0.2) is 31.1 Å². The Labute approximate surface area is 161 Å². The lowest BCUT2D eigenvalue weighted by Crippen LogP contribution is -2.39. The van der Waals surface area contributed by atoms with Gasteiger partial charge in [0.2, 0.25) is 0 Å². The average Bonchev–Trinajstić information content (AvgIpc) is 2.92. The number of hydrogen-bond acceptors (Lipinski definition) is 3. The Hall–Kier alpha value is -0.670. The predicted molar refractivity (Wildman–Crippen MR) is 108 cm³/mol. The Bertz CT molecular complexity index is 574. The first-order valence-corrected chi connectivity index (χ1v) is 8.47. The Morgan fingerprint density at radius 3 is 2.55 bits per heavy atom. The van der Waals surface area contributed by atoms with Crippen molar-refractivity contribution in [2.24, 2.45) is 4.99 Å². The van der Waals surface area contributed by atoms with Crippen LogP contribution in [0.5, 0.6) is 0 Å². The van der Waals surface area contributed by atoms with Crippen LogP contribution in [0.2, 0.25) is 0 Å². The number of pyridine rings is 1. The maximum Gasteiger partial charge on any atom is 0.191 e. The zero-order valence-corrected chi connectivity index (χ0v) is 17.1. The molecule has 0 amide bonds. The smallest absolute Gasteiger partial charge is 0.191 e. The van der Waals surface area contributed by atoms with Gasteiger partial charge in [0.1, 0.15) is 0 Å². The van der Waals surface area contributed by atoms with Crippen LogP contribution < -0.4 is 10.6 Å². The van der Waals surface area contributed by atoms with Gasteiger partial charge in [-0.2, -0.15) is 0 Å². The molecule has 2 rings (SSSR count). The molecule has 2 aromatic heterocycles. The Kier molecular flexibility index (Phi) is 9.65. The molecule has 4 nitrogen and oxygen atoms in total. The lowest BCUT2D eigenvalue weighted by Gasteiger charge is -2.11. The standard InChI is InChI=1S/C15H19BrN4S.HI/c1-17-15(19-10-7-12-4-2-3-9-18-12)20-11-8-13-5-6-14(16)21-13;/h2-6,9H,7-8,10-11H2,1H3,(H2,17,19,20);1H. The Balaban J connectivity index is 0.00000242. The van der Waals surface area contributed by atoms with E-state index >= 15 is 0 Å². The highest BCUT2D eigenvalue weighted by atomic mass is 127. The third-order valence-corrected chi connectivity index (χ3v) is 4.60. The van der Waals surface area contributed by atoms with Crippen LogP contribution in [0.1, 0.15) is 10.6 Å². The summed E-state index contributed by atoms with van der Waals surface area (Å²) >= 11 is 5.25. The third-order valence-electron chi connectivity index (χ3n) is 2.92. The number of aromatic nitrogens is 1. The van der Waals surface area contributed by atoms with Crippen LogP contribution in [0.15, 0.2) is 45.3 Å². The molecule has 0 fully saturated rings. The zero-order chi connectivity index (χ0) is 14.9. The second-order valence-electron chi connectivity index (χ2n) is 4.45. The van der Waals surface area contributed by atoms with Gasteiger partial charge in [0, 0.05) is 43.3 Å². The van der Waals surface area contributed by atoms with E-state index in [4.69, 9.17) is 0 Å². The highest BCUT2D eigenvalue weighted by molar-refractivity contribution is 14.0. The fourth-order valence-corrected chi connectivity index (χ4v) is 3.35. The van der Waals surface area contributed by atoms with Gasteiger partial charge in [-0.1, -0.05) is 6.07 Å². The number of rotatable bonds is 6. The van der Waals surface area contributed by atoms with Gasteiger partial charge in [-0.05, 0) is 46.6 Å². The summed E-state index contributed by atoms with van der Waals surface area (Å²) in [5, 5.41) is 6.63. The van der Waals surface area contributed by atoms with E-state index in [0.717, 1.165) is 37.6 Å². The molecule has 0 bridgehead atoms. The fraction of sp³-hybridized carbons (Fsp3) is 0.333. The topological polar surface area (TPSA) is 49.3 Å². The van der Waals surface area contributed by atoms with Gasteiger partial charge in [-0.15, -0.1) is 35.3 Å². The number of guanidine groups is 1. The maximum absolute atomic E-state index is 4.30. The van der Waals surface area contributed by atoms with E-state index in [2.05, 4.69) is 48.7 Å². The van der Waals surface area contributed by atoms with Crippen molar-refractivity contribution in [1.82, 2.24) is 15.6 Å². The first kappa shape index (κ1) is 19.4. The van der Waals surface area contributed by atoms with E-state index in [1.807, 2.05) is 24.4 Å². The van der Waals surface area contributed by atoms with Crippen molar-refractivity contribution in [3.63, 3.8) is 0 Å². The molecule has 0 unspecified atom stereocenters. The summed E-state index contributed by atoms with van der Waals surface area (Å²) in [5.74, 6) is 0.835. The molecule has 2 N–H and O–H groups in total. The molecule has 0 aliphatic heterocycles. The summed E-state index contributed by atoms with van der Waals surface area (Å²) in [6, 6.07) is 10.2. The van der Waals surface area contributed by atoms with E-state index in [1.165, 1.54) is 8.66 Å². The number of aliphatic imine (C=N–C) groups is 1. The summed E-state index contributed by atoms with van der Waals surface area (Å²) in [7, 11) is 1.79. The van der Waals surface area contributed by atoms with Crippen molar-refractivity contribution >= 4 is 57.2 Å². The molecule has 0 atom stereocenters. The van der Waals surface area contributed by atoms with E-state index in [0.29, 0.717) is 0 Å². The van der Waals surface area contributed by atoms with Crippen LogP contribution in [0.25, 0.3) is 0 Å². The molecule has 0 radical (unpaired) electrons. The van der Waals surface area contributed by atoms with Crippen LogP contribution >= 0.6 is 51.2 Å². The quantitative estimate of drug-likeness (QED) is 0.367. The minimum atomic E-state index is 0. The normalized spacial score (nSPS) is 10.9. The molecular weight excluding hydrogens is 475 g/mol. The van der Waals surface area contributed by atoms with E-state index in [-0.39, 0.29) is 24.0 Å². The maximum atomic E-state index is 4.30. The second kappa shape index (κ2) is 11.0. The first-order valence-electron chi connectivity index (χ1n) is 6.86. The third kappa shape index (κ3) is 7.06. The molecule has 0 aliphatic carbocycles. The minimum absolute atomic E-state index is 0. The van der Waals surface area contributed by atoms with Gasteiger partial charge in [-0.25, -0.2) is 0 Å². The predicted octanol–water partition coefficient (Wildman–Crippen LogP) is 3.47. The Morgan fingerprint density at radius 1 is 1.18 bits per heavy atom. The fourth-order valence-electron chi connectivity index (χ4n) is 1.87. The number of hydrogen-bond donors (Lipinski definition) is 2. The molecule has 2 aromatic rings. The summed E-state index contributed by atoms with van der Waals surface area (Å²) in [5.41, 5.74) is 1.09. The van der Waals surface area contributed by atoms with Crippen molar-refractivity contribution < 1.29 is 0 Å². The average molecular weight is 495 g/mol. The summed E-state index contributed by atoms with van der Waals surface area (Å²) in [6.07, 6.45) is 3.71. The SMILES string of the molecule is CN=C(NCCc1ccccn1)NCCc1ccc(Br)s1.I. The van der Waals surface area contributed by atoms with Crippen molar-refractivity contribution in [3.8, 4) is 0 Å². The second-order valence-corrected chi connectivity index (χ2v) is 7.00. The molecule has 22 heavy (non-hydrogen) atoms. The lowest BCUT2D eigenvalue weighted by atomic mass is 10.3. The van der Waals surface area contributed by atoms with Crippen LogP contribution in [-0.2, 0) is 12.8 Å². The van der Waals surface area contributed by atoms with Gasteiger partial charge in [0.25, 0.3) is 0 Å². The molecule has 0 aliphatic rings. The number of nitrogens with zero attached hydrogens (tertiary/aromatic N) is 2. The van der Waals surface area contributed by atoms with Crippen molar-refractivity contribution in [1.29, 1.82) is 0 Å². The molecular formula is C15H20BrIN4S. The Morgan fingerprint density at radius 2 is 1.95 bits per heavy atom. The lowest BCUT2D eigenvalue weighted by molar-refractivity contribution is 0.779. The van der Waals surface area contributed by atoms with Gasteiger partial charge in [0.15, 0.2) is 5.96 Å². The number of nitrogens with one attached hydrogen (secondary N) is 2. The van der Waals surface area contributed by atoms with Crippen molar-refractivity contribution in [3.05, 3.63) is 50.9 Å². The molecule has 2 heterocycles. The highest BCUT2D eigenvalue weighted by Crippen LogP contribution is 2.21. The van der Waals surface area contributed by atoms with Crippen molar-refractivity contribution in [2.75, 3.05) is 20.1 Å². The van der Waals surface area contributed by atoms with Gasteiger partial charge in [-0.3, -0.25) is 9.98 Å².